The minimum Gasteiger partial charge on any atom is -0.355 e. The summed E-state index contributed by atoms with van der Waals surface area (Å²) >= 11 is 1.11. The average molecular weight is 465 g/mol. The standard InChI is InChI=1S/C22H27F3N6S/c1-14(2)18(15-8-28-29(3)9-15)31-11-21(12-31)4-5-30(10-21)19-17-6-16(7-22(23,24)25)32-20(17)27-13-26-19/h6,8-9,13-14,18H,4-5,7,10-12H2,1-3H3/t18-/m0/s1. The van der Waals surface area contributed by atoms with Gasteiger partial charge in [-0.15, -0.1) is 11.3 Å². The SMILES string of the molecule is CC(C)[C@@H](c1cnn(C)c1)N1CC2(CCN(c3ncnc4sc(CC(F)(F)F)cc34)C2)C1. The molecule has 2 fully saturated rings. The van der Waals surface area contributed by atoms with Gasteiger partial charge in [0.05, 0.1) is 18.0 Å². The smallest absolute Gasteiger partial charge is 0.355 e. The third kappa shape index (κ3) is 3.98. The van der Waals surface area contributed by atoms with Crippen LogP contribution >= 0.6 is 11.3 Å². The Morgan fingerprint density at radius 2 is 1.97 bits per heavy atom. The number of hydrogen-bond acceptors (Lipinski definition) is 6. The molecule has 0 amide bonds. The molecule has 172 valence electrons. The predicted octanol–water partition coefficient (Wildman–Crippen LogP) is 4.44. The van der Waals surface area contributed by atoms with Gasteiger partial charge in [-0.25, -0.2) is 9.97 Å². The van der Waals surface area contributed by atoms with Crippen molar-refractivity contribution in [2.45, 2.75) is 38.9 Å². The van der Waals surface area contributed by atoms with Crippen LogP contribution in [0.3, 0.4) is 0 Å². The summed E-state index contributed by atoms with van der Waals surface area (Å²) in [6.07, 6.45) is 1.46. The zero-order valence-electron chi connectivity index (χ0n) is 18.4. The first-order chi connectivity index (χ1) is 15.1. The minimum atomic E-state index is -4.22. The Bertz CT molecular complexity index is 1110. The molecule has 3 aromatic rings. The summed E-state index contributed by atoms with van der Waals surface area (Å²) in [4.78, 5) is 14.4. The van der Waals surface area contributed by atoms with Crippen molar-refractivity contribution in [1.29, 1.82) is 0 Å². The third-order valence-corrected chi connectivity index (χ3v) is 7.68. The molecule has 2 aliphatic rings. The Balaban J connectivity index is 1.32. The number of aryl methyl sites for hydroxylation is 1. The van der Waals surface area contributed by atoms with Gasteiger partial charge in [-0.3, -0.25) is 9.58 Å². The van der Waals surface area contributed by atoms with Crippen molar-refractivity contribution in [3.05, 3.63) is 35.2 Å². The number of likely N-dealkylation sites (tertiary alicyclic amines) is 1. The van der Waals surface area contributed by atoms with Gasteiger partial charge in [0, 0.05) is 61.3 Å². The lowest BCUT2D eigenvalue weighted by molar-refractivity contribution is -0.126. The second-order valence-corrected chi connectivity index (χ2v) is 10.7. The van der Waals surface area contributed by atoms with Crippen molar-refractivity contribution in [1.82, 2.24) is 24.6 Å². The Morgan fingerprint density at radius 1 is 1.19 bits per heavy atom. The highest BCUT2D eigenvalue weighted by atomic mass is 32.1. The largest absolute Gasteiger partial charge is 0.393 e. The number of hydrogen-bond donors (Lipinski definition) is 0. The van der Waals surface area contributed by atoms with Crippen LogP contribution in [0.5, 0.6) is 0 Å². The highest BCUT2D eigenvalue weighted by molar-refractivity contribution is 7.18. The number of aromatic nitrogens is 4. The van der Waals surface area contributed by atoms with Crippen molar-refractivity contribution in [2.24, 2.45) is 18.4 Å². The predicted molar refractivity (Wildman–Crippen MR) is 119 cm³/mol. The maximum absolute atomic E-state index is 12.9. The molecule has 0 radical (unpaired) electrons. The van der Waals surface area contributed by atoms with Crippen LogP contribution < -0.4 is 4.90 Å². The van der Waals surface area contributed by atoms with Crippen LogP contribution in [-0.4, -0.2) is 57.0 Å². The topological polar surface area (TPSA) is 50.1 Å². The van der Waals surface area contributed by atoms with Crippen LogP contribution in [0.2, 0.25) is 0 Å². The van der Waals surface area contributed by atoms with Crippen molar-refractivity contribution in [3.63, 3.8) is 0 Å². The van der Waals surface area contributed by atoms with E-state index in [4.69, 9.17) is 0 Å². The average Bonchev–Trinajstić information content (AvgIpc) is 3.37. The van der Waals surface area contributed by atoms with Gasteiger partial charge in [0.25, 0.3) is 0 Å². The molecule has 0 unspecified atom stereocenters. The lowest BCUT2D eigenvalue weighted by Gasteiger charge is -2.52. The molecule has 0 bridgehead atoms. The molecule has 5 heterocycles. The van der Waals surface area contributed by atoms with E-state index in [0.29, 0.717) is 16.8 Å². The summed E-state index contributed by atoms with van der Waals surface area (Å²) in [6.45, 7) is 8.26. The van der Waals surface area contributed by atoms with Crippen molar-refractivity contribution in [2.75, 3.05) is 31.1 Å². The van der Waals surface area contributed by atoms with Gasteiger partial charge in [0.15, 0.2) is 0 Å². The summed E-state index contributed by atoms with van der Waals surface area (Å²) in [5.74, 6) is 1.25. The lowest BCUT2D eigenvalue weighted by Crippen LogP contribution is -2.59. The Morgan fingerprint density at radius 3 is 2.62 bits per heavy atom. The van der Waals surface area contributed by atoms with Gasteiger partial charge < -0.3 is 4.90 Å². The zero-order valence-corrected chi connectivity index (χ0v) is 19.2. The summed E-state index contributed by atoms with van der Waals surface area (Å²) in [5, 5.41) is 5.09. The fourth-order valence-corrected chi connectivity index (χ4v) is 6.45. The molecule has 0 aromatic carbocycles. The molecular formula is C22H27F3N6S. The molecule has 0 N–H and O–H groups in total. The van der Waals surface area contributed by atoms with Crippen LogP contribution in [0, 0.1) is 11.3 Å². The second-order valence-electron chi connectivity index (χ2n) is 9.63. The van der Waals surface area contributed by atoms with E-state index in [9.17, 15) is 13.2 Å². The number of alkyl halides is 3. The quantitative estimate of drug-likeness (QED) is 0.559. The molecule has 1 atom stereocenters. The highest BCUT2D eigenvalue weighted by Crippen LogP contribution is 2.47. The van der Waals surface area contributed by atoms with E-state index >= 15 is 0 Å². The highest BCUT2D eigenvalue weighted by Gasteiger charge is 2.50. The summed E-state index contributed by atoms with van der Waals surface area (Å²) in [6, 6.07) is 1.97. The Labute approximate surface area is 189 Å². The Kier molecular flexibility index (Phi) is 5.20. The fraction of sp³-hybridized carbons (Fsp3) is 0.591. The number of thiophene rings is 1. The Hall–Kier alpha value is -2.20. The lowest BCUT2D eigenvalue weighted by atomic mass is 9.76. The van der Waals surface area contributed by atoms with Gasteiger partial charge in [0.2, 0.25) is 0 Å². The minimum absolute atomic E-state index is 0.206. The van der Waals surface area contributed by atoms with E-state index in [0.717, 1.165) is 55.1 Å². The zero-order chi connectivity index (χ0) is 22.7. The van der Waals surface area contributed by atoms with E-state index in [2.05, 4.69) is 44.9 Å². The molecule has 1 spiro atoms. The van der Waals surface area contributed by atoms with E-state index < -0.39 is 12.6 Å². The van der Waals surface area contributed by atoms with Crippen LogP contribution in [0.15, 0.2) is 24.8 Å². The second kappa shape index (κ2) is 7.69. The number of anilines is 1. The van der Waals surface area contributed by atoms with E-state index in [1.54, 1.807) is 6.07 Å². The molecule has 6 nitrogen and oxygen atoms in total. The van der Waals surface area contributed by atoms with Crippen LogP contribution in [0.1, 0.15) is 36.8 Å². The molecule has 10 heteroatoms. The summed E-state index contributed by atoms with van der Waals surface area (Å²) in [5.41, 5.74) is 1.46. The molecule has 5 rings (SSSR count). The van der Waals surface area contributed by atoms with Crippen molar-refractivity contribution in [3.8, 4) is 0 Å². The van der Waals surface area contributed by atoms with Crippen molar-refractivity contribution < 1.29 is 13.2 Å². The molecule has 2 aliphatic heterocycles. The van der Waals surface area contributed by atoms with Crippen LogP contribution in [0.4, 0.5) is 19.0 Å². The van der Waals surface area contributed by atoms with E-state index in [-0.39, 0.29) is 10.3 Å². The summed E-state index contributed by atoms with van der Waals surface area (Å²) < 4.78 is 40.4. The van der Waals surface area contributed by atoms with Crippen LogP contribution in [-0.2, 0) is 13.5 Å². The van der Waals surface area contributed by atoms with Crippen LogP contribution in [0.25, 0.3) is 10.2 Å². The first-order valence-electron chi connectivity index (χ1n) is 10.9. The van der Waals surface area contributed by atoms with Crippen molar-refractivity contribution >= 4 is 27.4 Å². The van der Waals surface area contributed by atoms with Gasteiger partial charge in [-0.05, 0) is 18.4 Å². The first-order valence-corrected chi connectivity index (χ1v) is 11.7. The third-order valence-electron chi connectivity index (χ3n) is 6.64. The maximum Gasteiger partial charge on any atom is 0.393 e. The molecule has 0 saturated carbocycles. The fourth-order valence-electron chi connectivity index (χ4n) is 5.43. The van der Waals surface area contributed by atoms with E-state index in [1.807, 2.05) is 17.9 Å². The first kappa shape index (κ1) is 21.6. The monoisotopic (exact) mass is 464 g/mol. The van der Waals surface area contributed by atoms with Gasteiger partial charge in [-0.1, -0.05) is 13.8 Å². The number of rotatable bonds is 5. The molecule has 2 saturated heterocycles. The summed E-state index contributed by atoms with van der Waals surface area (Å²) in [7, 11) is 1.94. The molecule has 0 aliphatic carbocycles. The molecular weight excluding hydrogens is 437 g/mol. The molecule has 32 heavy (non-hydrogen) atoms. The molecule has 3 aromatic heterocycles. The number of fused-ring (bicyclic) bond motifs is 1. The van der Waals surface area contributed by atoms with Gasteiger partial charge in [0.1, 0.15) is 17.0 Å². The normalized spacial score (nSPS) is 19.9. The maximum atomic E-state index is 12.9. The van der Waals surface area contributed by atoms with Gasteiger partial charge in [-0.2, -0.15) is 18.3 Å². The van der Waals surface area contributed by atoms with E-state index in [1.165, 1.54) is 11.9 Å². The number of halogens is 3. The number of nitrogens with zero attached hydrogens (tertiary/aromatic N) is 6. The van der Waals surface area contributed by atoms with Gasteiger partial charge >= 0.3 is 6.18 Å².